The molecule has 4 unspecified atom stereocenters. The Balaban J connectivity index is 3.03. The lowest BCUT2D eigenvalue weighted by Gasteiger charge is -2.24. The highest BCUT2D eigenvalue weighted by Crippen LogP contribution is 2.06. The molecule has 0 aliphatic carbocycles. The molecule has 0 saturated heterocycles. The molecule has 0 fully saturated rings. The van der Waals surface area contributed by atoms with Crippen molar-refractivity contribution in [2.24, 2.45) is 27.9 Å². The summed E-state index contributed by atoms with van der Waals surface area (Å²) in [7, 11) is 0. The minimum atomic E-state index is -1.61. The molecule has 1 aromatic rings. The van der Waals surface area contributed by atoms with Crippen LogP contribution in [-0.4, -0.2) is 82.5 Å². The summed E-state index contributed by atoms with van der Waals surface area (Å²) in [6, 6.07) is 3.19. The van der Waals surface area contributed by atoms with E-state index in [1.54, 1.807) is 30.3 Å². The van der Waals surface area contributed by atoms with Crippen LogP contribution in [0.5, 0.6) is 0 Å². The molecule has 0 bridgehead atoms. The number of carboxylic acid groups (broad SMARTS) is 2. The molecule has 4 amide bonds. The van der Waals surface area contributed by atoms with Gasteiger partial charge in [-0.15, -0.1) is 0 Å². The molecule has 0 spiro atoms. The summed E-state index contributed by atoms with van der Waals surface area (Å²) in [4.78, 5) is 76.4. The van der Waals surface area contributed by atoms with Crippen molar-refractivity contribution >= 4 is 41.5 Å². The molecule has 1 rings (SSSR count). The van der Waals surface area contributed by atoms with Crippen LogP contribution in [0.25, 0.3) is 0 Å². The van der Waals surface area contributed by atoms with Gasteiger partial charge in [0.05, 0.1) is 12.5 Å². The first-order valence-corrected chi connectivity index (χ1v) is 12.3. The van der Waals surface area contributed by atoms with Gasteiger partial charge in [0.25, 0.3) is 0 Å². The van der Waals surface area contributed by atoms with Gasteiger partial charge in [-0.2, -0.15) is 0 Å². The third kappa shape index (κ3) is 13.2. The van der Waals surface area contributed by atoms with Crippen LogP contribution < -0.4 is 38.9 Å². The number of carbonyl (C=O) groups excluding carboxylic acids is 4. The van der Waals surface area contributed by atoms with Crippen LogP contribution in [0, 0.1) is 0 Å². The minimum absolute atomic E-state index is 0.0651. The normalized spacial score (nSPS) is 13.5. The van der Waals surface area contributed by atoms with Crippen molar-refractivity contribution in [3.05, 3.63) is 35.9 Å². The van der Waals surface area contributed by atoms with E-state index in [1.165, 1.54) is 0 Å². The summed E-state index contributed by atoms with van der Waals surface area (Å²) in [6.45, 7) is 0.0651. The van der Waals surface area contributed by atoms with Crippen LogP contribution >= 0.6 is 0 Å². The van der Waals surface area contributed by atoms with Gasteiger partial charge in [-0.1, -0.05) is 30.3 Å². The number of carboxylic acids is 2. The number of hydrogen-bond acceptors (Lipinski definition) is 8. The van der Waals surface area contributed by atoms with E-state index in [1.807, 2.05) is 0 Å². The number of carbonyl (C=O) groups is 6. The van der Waals surface area contributed by atoms with E-state index in [4.69, 9.17) is 22.9 Å². The largest absolute Gasteiger partial charge is 0.481 e. The fourth-order valence-corrected chi connectivity index (χ4v) is 3.48. The van der Waals surface area contributed by atoms with Crippen LogP contribution in [0.2, 0.25) is 0 Å². The molecule has 0 aromatic heterocycles. The summed E-state index contributed by atoms with van der Waals surface area (Å²) < 4.78 is 0. The molecule has 40 heavy (non-hydrogen) atoms. The molecule has 1 aromatic carbocycles. The van der Waals surface area contributed by atoms with Gasteiger partial charge in [-0.05, 0) is 31.2 Å². The smallest absolute Gasteiger partial charge is 0.326 e. The summed E-state index contributed by atoms with van der Waals surface area (Å²) >= 11 is 0. The second kappa shape index (κ2) is 17.0. The standard InChI is InChI=1S/C24H36N8O8/c25-14(11-13-5-2-1-3-6-13)20(36)32-17(12-19(34)35)22(38)30-15(7-4-10-29-24(27)28)21(37)31-16(23(39)40)8-9-18(26)33/h1-3,5-6,14-17H,4,7-12,25H2,(H2,26,33)(H,30,38)(H,31,37)(H,32,36)(H,34,35)(H,39,40)(H4,27,28,29). The first kappa shape index (κ1) is 33.3. The van der Waals surface area contributed by atoms with E-state index in [0.717, 1.165) is 5.56 Å². The number of nitrogens with one attached hydrogen (secondary N) is 3. The van der Waals surface area contributed by atoms with Crippen LogP contribution in [0.15, 0.2) is 35.3 Å². The van der Waals surface area contributed by atoms with Gasteiger partial charge < -0.3 is 49.1 Å². The maximum atomic E-state index is 13.0. The van der Waals surface area contributed by atoms with Crippen molar-refractivity contribution in [3.8, 4) is 0 Å². The van der Waals surface area contributed by atoms with E-state index < -0.39 is 66.2 Å². The number of nitrogens with zero attached hydrogens (tertiary/aromatic N) is 1. The van der Waals surface area contributed by atoms with E-state index in [0.29, 0.717) is 0 Å². The molecule has 220 valence electrons. The lowest BCUT2D eigenvalue weighted by atomic mass is 10.0. The van der Waals surface area contributed by atoms with Gasteiger partial charge in [0.2, 0.25) is 23.6 Å². The number of benzene rings is 1. The van der Waals surface area contributed by atoms with Gasteiger partial charge in [-0.3, -0.25) is 29.0 Å². The molecule has 13 N–H and O–H groups in total. The zero-order valence-corrected chi connectivity index (χ0v) is 21.7. The zero-order chi connectivity index (χ0) is 30.2. The predicted octanol–water partition coefficient (Wildman–Crippen LogP) is -3.11. The highest BCUT2D eigenvalue weighted by molar-refractivity contribution is 5.95. The number of nitrogens with two attached hydrogens (primary N) is 4. The number of amides is 4. The molecule has 0 aliphatic rings. The van der Waals surface area contributed by atoms with Crippen molar-refractivity contribution in [1.29, 1.82) is 0 Å². The quantitative estimate of drug-likeness (QED) is 0.0488. The van der Waals surface area contributed by atoms with Crippen LogP contribution in [0.4, 0.5) is 0 Å². The first-order chi connectivity index (χ1) is 18.8. The number of aliphatic carboxylic acids is 2. The maximum absolute atomic E-state index is 13.0. The van der Waals surface area contributed by atoms with Crippen molar-refractivity contribution in [2.45, 2.75) is 62.7 Å². The van der Waals surface area contributed by atoms with Crippen molar-refractivity contribution in [3.63, 3.8) is 0 Å². The average molecular weight is 565 g/mol. The number of guanidine groups is 1. The average Bonchev–Trinajstić information content (AvgIpc) is 2.87. The second-order valence-electron chi connectivity index (χ2n) is 8.87. The summed E-state index contributed by atoms with van der Waals surface area (Å²) in [5, 5.41) is 25.6. The molecule has 0 aliphatic heterocycles. The molecular weight excluding hydrogens is 528 g/mol. The number of hydrogen-bond donors (Lipinski definition) is 9. The fraction of sp³-hybridized carbons (Fsp3) is 0.458. The zero-order valence-electron chi connectivity index (χ0n) is 21.7. The van der Waals surface area contributed by atoms with E-state index in [2.05, 4.69) is 20.9 Å². The highest BCUT2D eigenvalue weighted by atomic mass is 16.4. The first-order valence-electron chi connectivity index (χ1n) is 12.3. The number of aliphatic imine (C=N–C) groups is 1. The second-order valence-corrected chi connectivity index (χ2v) is 8.87. The topological polar surface area (TPSA) is 295 Å². The van der Waals surface area contributed by atoms with Gasteiger partial charge in [-0.25, -0.2) is 4.79 Å². The molecule has 16 nitrogen and oxygen atoms in total. The van der Waals surface area contributed by atoms with Crippen molar-refractivity contribution in [1.82, 2.24) is 16.0 Å². The Labute approximate surface area is 229 Å². The number of primary amides is 1. The lowest BCUT2D eigenvalue weighted by Crippen LogP contribution is -2.57. The van der Waals surface area contributed by atoms with Gasteiger partial charge >= 0.3 is 11.9 Å². The Hall–Kier alpha value is -4.73. The summed E-state index contributed by atoms with van der Waals surface area (Å²) in [5.74, 6) is -6.59. The monoisotopic (exact) mass is 564 g/mol. The Kier molecular flexibility index (Phi) is 14.1. The molecule has 0 heterocycles. The maximum Gasteiger partial charge on any atom is 0.326 e. The molecule has 4 atom stereocenters. The molecule has 0 radical (unpaired) electrons. The Bertz CT molecular complexity index is 1080. The lowest BCUT2D eigenvalue weighted by molar-refractivity contribution is -0.143. The summed E-state index contributed by atoms with van der Waals surface area (Å²) in [6.07, 6.45) is -1.26. The van der Waals surface area contributed by atoms with E-state index in [-0.39, 0.29) is 44.6 Å². The Morgan fingerprint density at radius 1 is 0.800 bits per heavy atom. The van der Waals surface area contributed by atoms with Gasteiger partial charge in [0.15, 0.2) is 5.96 Å². The van der Waals surface area contributed by atoms with Crippen molar-refractivity contribution in [2.75, 3.05) is 6.54 Å². The van der Waals surface area contributed by atoms with Crippen LogP contribution in [-0.2, 0) is 35.2 Å². The van der Waals surface area contributed by atoms with E-state index >= 15 is 0 Å². The third-order valence-electron chi connectivity index (χ3n) is 5.52. The summed E-state index contributed by atoms with van der Waals surface area (Å²) in [5.41, 5.74) is 22.3. The number of rotatable bonds is 18. The molecule has 16 heteroatoms. The Morgan fingerprint density at radius 3 is 1.93 bits per heavy atom. The van der Waals surface area contributed by atoms with Crippen molar-refractivity contribution < 1.29 is 39.0 Å². The predicted molar refractivity (Wildman–Crippen MR) is 142 cm³/mol. The van der Waals surface area contributed by atoms with Crippen LogP contribution in [0.3, 0.4) is 0 Å². The highest BCUT2D eigenvalue weighted by Gasteiger charge is 2.31. The molecule has 0 saturated carbocycles. The fourth-order valence-electron chi connectivity index (χ4n) is 3.48. The SMILES string of the molecule is NC(=O)CCC(NC(=O)C(CCCN=C(N)N)NC(=O)C(CC(=O)O)NC(=O)C(N)Cc1ccccc1)C(=O)O. The Morgan fingerprint density at radius 2 is 1.38 bits per heavy atom. The van der Waals surface area contributed by atoms with Gasteiger partial charge in [0.1, 0.15) is 18.1 Å². The minimum Gasteiger partial charge on any atom is -0.481 e. The third-order valence-corrected chi connectivity index (χ3v) is 5.52. The molecular formula is C24H36N8O8. The van der Waals surface area contributed by atoms with Crippen LogP contribution in [0.1, 0.15) is 37.7 Å². The van der Waals surface area contributed by atoms with Gasteiger partial charge in [0, 0.05) is 13.0 Å². The van der Waals surface area contributed by atoms with E-state index in [9.17, 15) is 39.0 Å².